The third-order valence-corrected chi connectivity index (χ3v) is 4.55. The van der Waals surface area contributed by atoms with Crippen LogP contribution < -0.4 is 5.32 Å². The molecule has 0 aromatic heterocycles. The van der Waals surface area contributed by atoms with Gasteiger partial charge in [-0.05, 0) is 19.1 Å². The number of rotatable bonds is 6. The summed E-state index contributed by atoms with van der Waals surface area (Å²) in [6.07, 6.45) is 4.29. The molecule has 0 aliphatic heterocycles. The van der Waals surface area contributed by atoms with E-state index in [-0.39, 0.29) is 10.7 Å². The smallest absolute Gasteiger partial charge is 0.230 e. The van der Waals surface area contributed by atoms with E-state index in [0.717, 1.165) is 19.4 Å². The predicted octanol–water partition coefficient (Wildman–Crippen LogP) is 2.42. The summed E-state index contributed by atoms with van der Waals surface area (Å²) in [5, 5.41) is 3.31. The van der Waals surface area contributed by atoms with Crippen LogP contribution in [0.15, 0.2) is 0 Å². The number of halogens is 1. The molecule has 0 saturated carbocycles. The number of carbonyl (C=O) groups is 1. The monoisotopic (exact) mass is 267 g/mol. The molecule has 0 radical (unpaired) electrons. The molecule has 0 spiro atoms. The SMILES string of the molecule is CCC(CC)(CNC(=O)CBr)SC. The quantitative estimate of drug-likeness (QED) is 0.749. The zero-order valence-electron chi connectivity index (χ0n) is 8.52. The summed E-state index contributed by atoms with van der Waals surface area (Å²) < 4.78 is 0.220. The minimum absolute atomic E-state index is 0.0697. The van der Waals surface area contributed by atoms with Gasteiger partial charge in [-0.15, -0.1) is 0 Å². The average Bonchev–Trinajstić information content (AvgIpc) is 2.20. The van der Waals surface area contributed by atoms with E-state index >= 15 is 0 Å². The lowest BCUT2D eigenvalue weighted by Crippen LogP contribution is -2.40. The first-order valence-corrected chi connectivity index (χ1v) is 6.86. The molecule has 0 aromatic carbocycles. The second kappa shape index (κ2) is 6.71. The summed E-state index contributed by atoms with van der Waals surface area (Å²) in [6.45, 7) is 5.10. The molecule has 0 aliphatic carbocycles. The zero-order valence-corrected chi connectivity index (χ0v) is 10.9. The first kappa shape index (κ1) is 13.3. The Balaban J connectivity index is 4.02. The van der Waals surface area contributed by atoms with Crippen molar-refractivity contribution in [1.29, 1.82) is 0 Å². The topological polar surface area (TPSA) is 29.1 Å². The van der Waals surface area contributed by atoms with E-state index in [1.807, 2.05) is 11.8 Å². The van der Waals surface area contributed by atoms with E-state index in [9.17, 15) is 4.79 Å². The molecule has 0 bridgehead atoms. The van der Waals surface area contributed by atoms with Crippen molar-refractivity contribution in [3.8, 4) is 0 Å². The molecule has 0 atom stereocenters. The first-order chi connectivity index (χ1) is 6.14. The van der Waals surface area contributed by atoms with Crippen molar-refractivity contribution in [3.63, 3.8) is 0 Å². The van der Waals surface area contributed by atoms with Gasteiger partial charge in [0.15, 0.2) is 0 Å². The molecule has 1 amide bonds. The summed E-state index contributed by atoms with van der Waals surface area (Å²) in [6, 6.07) is 0. The minimum Gasteiger partial charge on any atom is -0.354 e. The number of alkyl halides is 1. The van der Waals surface area contributed by atoms with Crippen LogP contribution in [0.1, 0.15) is 26.7 Å². The van der Waals surface area contributed by atoms with Crippen molar-refractivity contribution in [2.75, 3.05) is 18.1 Å². The number of hydrogen-bond donors (Lipinski definition) is 1. The van der Waals surface area contributed by atoms with E-state index in [2.05, 4.69) is 41.3 Å². The van der Waals surface area contributed by atoms with Crippen LogP contribution >= 0.6 is 27.7 Å². The maximum Gasteiger partial charge on any atom is 0.230 e. The fraction of sp³-hybridized carbons (Fsp3) is 0.889. The largest absolute Gasteiger partial charge is 0.354 e. The van der Waals surface area contributed by atoms with Crippen molar-refractivity contribution >= 4 is 33.6 Å². The molecule has 0 aliphatic rings. The average molecular weight is 268 g/mol. The summed E-state index contributed by atoms with van der Waals surface area (Å²) in [5.74, 6) is 0.0697. The van der Waals surface area contributed by atoms with Gasteiger partial charge in [0.05, 0.1) is 5.33 Å². The normalized spacial score (nSPS) is 11.4. The molecule has 78 valence electrons. The Morgan fingerprint density at radius 1 is 1.46 bits per heavy atom. The summed E-state index contributed by atoms with van der Waals surface area (Å²) in [7, 11) is 0. The molecule has 2 nitrogen and oxygen atoms in total. The highest BCUT2D eigenvalue weighted by Crippen LogP contribution is 2.29. The summed E-state index contributed by atoms with van der Waals surface area (Å²) >= 11 is 4.97. The lowest BCUT2D eigenvalue weighted by atomic mass is 10.0. The van der Waals surface area contributed by atoms with Crippen molar-refractivity contribution in [2.24, 2.45) is 0 Å². The van der Waals surface area contributed by atoms with E-state index < -0.39 is 0 Å². The van der Waals surface area contributed by atoms with Gasteiger partial charge < -0.3 is 5.32 Å². The molecule has 13 heavy (non-hydrogen) atoms. The molecule has 4 heteroatoms. The highest BCUT2D eigenvalue weighted by molar-refractivity contribution is 9.09. The Bertz CT molecular complexity index is 151. The van der Waals surface area contributed by atoms with Crippen molar-refractivity contribution in [3.05, 3.63) is 0 Å². The molecular weight excluding hydrogens is 250 g/mol. The number of hydrogen-bond acceptors (Lipinski definition) is 2. The van der Waals surface area contributed by atoms with E-state index in [0.29, 0.717) is 5.33 Å². The molecule has 0 aromatic rings. The fourth-order valence-corrected chi connectivity index (χ4v) is 2.16. The van der Waals surface area contributed by atoms with Gasteiger partial charge in [0.1, 0.15) is 0 Å². The van der Waals surface area contributed by atoms with Crippen molar-refractivity contribution < 1.29 is 4.79 Å². The molecule has 0 fully saturated rings. The van der Waals surface area contributed by atoms with Gasteiger partial charge in [0.25, 0.3) is 0 Å². The lowest BCUT2D eigenvalue weighted by Gasteiger charge is -2.29. The minimum atomic E-state index is 0.0697. The Labute approximate surface area is 93.4 Å². The molecule has 0 heterocycles. The third-order valence-electron chi connectivity index (χ3n) is 2.45. The molecule has 1 N–H and O–H groups in total. The Morgan fingerprint density at radius 3 is 2.31 bits per heavy atom. The van der Waals surface area contributed by atoms with Crippen LogP contribution in [0, 0.1) is 0 Å². The maximum absolute atomic E-state index is 11.0. The van der Waals surface area contributed by atoms with Gasteiger partial charge in [0.2, 0.25) is 5.91 Å². The number of nitrogens with one attached hydrogen (secondary N) is 1. The van der Waals surface area contributed by atoms with E-state index in [1.165, 1.54) is 0 Å². The fourth-order valence-electron chi connectivity index (χ4n) is 1.17. The first-order valence-electron chi connectivity index (χ1n) is 4.52. The maximum atomic E-state index is 11.0. The van der Waals surface area contributed by atoms with Gasteiger partial charge in [-0.2, -0.15) is 11.8 Å². The standard InChI is InChI=1S/C9H18BrNOS/c1-4-9(5-2,13-3)7-11-8(12)6-10/h4-7H2,1-3H3,(H,11,12). The van der Waals surface area contributed by atoms with Crippen molar-refractivity contribution in [1.82, 2.24) is 5.32 Å². The van der Waals surface area contributed by atoms with Crippen LogP contribution in [0.4, 0.5) is 0 Å². The molecule has 0 saturated heterocycles. The Morgan fingerprint density at radius 2 is 2.00 bits per heavy atom. The van der Waals surface area contributed by atoms with Gasteiger partial charge in [0, 0.05) is 11.3 Å². The predicted molar refractivity (Wildman–Crippen MR) is 63.6 cm³/mol. The van der Waals surface area contributed by atoms with Gasteiger partial charge in [-0.25, -0.2) is 0 Å². The molecule has 0 unspecified atom stereocenters. The second-order valence-electron chi connectivity index (χ2n) is 3.00. The number of amides is 1. The Hall–Kier alpha value is 0.300. The van der Waals surface area contributed by atoms with E-state index in [1.54, 1.807) is 0 Å². The highest BCUT2D eigenvalue weighted by atomic mass is 79.9. The molecular formula is C9H18BrNOS. The van der Waals surface area contributed by atoms with Crippen LogP contribution in [0.25, 0.3) is 0 Å². The zero-order chi connectivity index (χ0) is 10.3. The second-order valence-corrected chi connectivity index (χ2v) is 4.84. The van der Waals surface area contributed by atoms with Crippen molar-refractivity contribution in [2.45, 2.75) is 31.4 Å². The lowest BCUT2D eigenvalue weighted by molar-refractivity contribution is -0.118. The van der Waals surface area contributed by atoms with Crippen LogP contribution in [0.5, 0.6) is 0 Å². The number of thioether (sulfide) groups is 1. The van der Waals surface area contributed by atoms with Crippen LogP contribution in [-0.2, 0) is 4.79 Å². The van der Waals surface area contributed by atoms with Gasteiger partial charge in [-0.1, -0.05) is 29.8 Å². The summed E-state index contributed by atoms with van der Waals surface area (Å²) in [5.41, 5.74) is 0. The highest BCUT2D eigenvalue weighted by Gasteiger charge is 2.24. The molecule has 0 rings (SSSR count). The Kier molecular flexibility index (Phi) is 6.86. The number of carbonyl (C=O) groups excluding carboxylic acids is 1. The third kappa shape index (κ3) is 4.36. The van der Waals surface area contributed by atoms with Crippen LogP contribution in [0.3, 0.4) is 0 Å². The van der Waals surface area contributed by atoms with Gasteiger partial charge >= 0.3 is 0 Å². The van der Waals surface area contributed by atoms with Crippen LogP contribution in [0.2, 0.25) is 0 Å². The summed E-state index contributed by atoms with van der Waals surface area (Å²) in [4.78, 5) is 11.0. The van der Waals surface area contributed by atoms with Crippen LogP contribution in [-0.4, -0.2) is 28.8 Å². The van der Waals surface area contributed by atoms with Gasteiger partial charge in [-0.3, -0.25) is 4.79 Å². The van der Waals surface area contributed by atoms with E-state index in [4.69, 9.17) is 0 Å².